The molecule has 0 spiro atoms. The van der Waals surface area contributed by atoms with E-state index < -0.39 is 17.2 Å². The van der Waals surface area contributed by atoms with Crippen molar-refractivity contribution in [2.45, 2.75) is 24.3 Å². The average Bonchev–Trinajstić information content (AvgIpc) is 3.42. The van der Waals surface area contributed by atoms with E-state index in [4.69, 9.17) is 9.47 Å². The lowest BCUT2D eigenvalue weighted by Gasteiger charge is -2.15. The molecule has 4 aromatic rings. The number of H-pyrrole nitrogens is 1. The van der Waals surface area contributed by atoms with Crippen molar-refractivity contribution in [3.05, 3.63) is 60.7 Å². The standard InChI is InChI=1S/C23H22N4O4S/c1-3-30-21(28)19(22(29)31-4-2)32-23-26-25-20(27(23)16-11-6-5-7-12-16)18-14-15-10-8-9-13-17(15)24-18/h5-14,19,24H,3-4H2,1-2H3. The monoisotopic (exact) mass is 450 g/mol. The van der Waals surface area contributed by atoms with E-state index in [0.29, 0.717) is 11.0 Å². The van der Waals surface area contributed by atoms with Crippen molar-refractivity contribution < 1.29 is 19.1 Å². The van der Waals surface area contributed by atoms with E-state index in [1.807, 2.05) is 60.7 Å². The van der Waals surface area contributed by atoms with Crippen molar-refractivity contribution in [2.75, 3.05) is 13.2 Å². The Labute approximate surface area is 188 Å². The van der Waals surface area contributed by atoms with E-state index in [1.54, 1.807) is 18.4 Å². The van der Waals surface area contributed by atoms with Gasteiger partial charge in [-0.25, -0.2) is 0 Å². The average molecular weight is 451 g/mol. The number of hydrogen-bond donors (Lipinski definition) is 1. The van der Waals surface area contributed by atoms with Gasteiger partial charge in [0.25, 0.3) is 0 Å². The Kier molecular flexibility index (Phi) is 6.55. The summed E-state index contributed by atoms with van der Waals surface area (Å²) in [6.45, 7) is 3.68. The molecule has 0 radical (unpaired) electrons. The lowest BCUT2D eigenvalue weighted by atomic mass is 10.2. The second kappa shape index (κ2) is 9.69. The number of aromatic amines is 1. The minimum absolute atomic E-state index is 0.154. The van der Waals surface area contributed by atoms with Crippen LogP contribution in [0.1, 0.15) is 13.8 Å². The third-order valence-electron chi connectivity index (χ3n) is 4.64. The van der Waals surface area contributed by atoms with Crippen LogP contribution in [0.5, 0.6) is 0 Å². The van der Waals surface area contributed by atoms with Crippen LogP contribution in [0.2, 0.25) is 0 Å². The van der Waals surface area contributed by atoms with E-state index in [2.05, 4.69) is 15.2 Å². The van der Waals surface area contributed by atoms with Crippen LogP contribution in [0.25, 0.3) is 28.1 Å². The van der Waals surface area contributed by atoms with Gasteiger partial charge in [0.05, 0.1) is 18.9 Å². The van der Waals surface area contributed by atoms with Crippen LogP contribution in [0.4, 0.5) is 0 Å². The van der Waals surface area contributed by atoms with Crippen molar-refractivity contribution in [3.8, 4) is 17.2 Å². The van der Waals surface area contributed by atoms with Gasteiger partial charge < -0.3 is 14.5 Å². The van der Waals surface area contributed by atoms with Crippen LogP contribution in [0.3, 0.4) is 0 Å². The van der Waals surface area contributed by atoms with Gasteiger partial charge in [0.15, 0.2) is 11.0 Å². The van der Waals surface area contributed by atoms with E-state index in [9.17, 15) is 9.59 Å². The zero-order chi connectivity index (χ0) is 22.5. The molecule has 0 saturated carbocycles. The highest BCUT2D eigenvalue weighted by atomic mass is 32.2. The highest BCUT2D eigenvalue weighted by Gasteiger charge is 2.33. The Balaban J connectivity index is 1.80. The van der Waals surface area contributed by atoms with Crippen LogP contribution in [0, 0.1) is 0 Å². The molecule has 4 rings (SSSR count). The summed E-state index contributed by atoms with van der Waals surface area (Å²) in [5.74, 6) is -0.794. The summed E-state index contributed by atoms with van der Waals surface area (Å²) < 4.78 is 12.0. The molecule has 2 aromatic carbocycles. The van der Waals surface area contributed by atoms with Crippen molar-refractivity contribution in [3.63, 3.8) is 0 Å². The number of para-hydroxylation sites is 2. The maximum absolute atomic E-state index is 12.5. The minimum Gasteiger partial charge on any atom is -0.465 e. The number of fused-ring (bicyclic) bond motifs is 1. The maximum Gasteiger partial charge on any atom is 0.331 e. The van der Waals surface area contributed by atoms with Gasteiger partial charge in [-0.05, 0) is 38.1 Å². The Morgan fingerprint density at radius 1 is 0.969 bits per heavy atom. The number of esters is 2. The van der Waals surface area contributed by atoms with Gasteiger partial charge in [-0.15, -0.1) is 10.2 Å². The summed E-state index contributed by atoms with van der Waals surface area (Å²) in [6, 6.07) is 19.4. The predicted octanol–water partition coefficient (Wildman–Crippen LogP) is 4.00. The molecule has 8 nitrogen and oxygen atoms in total. The predicted molar refractivity (Wildman–Crippen MR) is 122 cm³/mol. The number of nitrogens with zero attached hydrogens (tertiary/aromatic N) is 3. The van der Waals surface area contributed by atoms with Gasteiger partial charge in [-0.1, -0.05) is 48.2 Å². The summed E-state index contributed by atoms with van der Waals surface area (Å²) in [5.41, 5.74) is 2.52. The van der Waals surface area contributed by atoms with Gasteiger partial charge in [-0.3, -0.25) is 14.2 Å². The summed E-state index contributed by atoms with van der Waals surface area (Å²) in [5, 5.41) is 8.88. The van der Waals surface area contributed by atoms with Crippen LogP contribution >= 0.6 is 11.8 Å². The van der Waals surface area contributed by atoms with Crippen LogP contribution in [-0.2, 0) is 19.1 Å². The van der Waals surface area contributed by atoms with Gasteiger partial charge >= 0.3 is 11.9 Å². The number of ether oxygens (including phenoxy) is 2. The number of rotatable bonds is 8. The second-order valence-electron chi connectivity index (χ2n) is 6.75. The number of aromatic nitrogens is 4. The Morgan fingerprint density at radius 2 is 1.62 bits per heavy atom. The van der Waals surface area contributed by atoms with E-state index in [-0.39, 0.29) is 13.2 Å². The first-order valence-corrected chi connectivity index (χ1v) is 11.1. The zero-order valence-corrected chi connectivity index (χ0v) is 18.5. The summed E-state index contributed by atoms with van der Waals surface area (Å²) in [7, 11) is 0. The molecule has 2 heterocycles. The van der Waals surface area contributed by atoms with E-state index in [0.717, 1.165) is 34.0 Å². The van der Waals surface area contributed by atoms with Crippen molar-refractivity contribution in [1.82, 2.24) is 19.7 Å². The third kappa shape index (κ3) is 4.38. The molecule has 9 heteroatoms. The molecular formula is C23H22N4O4S. The Morgan fingerprint density at radius 3 is 2.28 bits per heavy atom. The first-order valence-electron chi connectivity index (χ1n) is 10.2. The van der Waals surface area contributed by atoms with Crippen LogP contribution in [-0.4, -0.2) is 50.2 Å². The van der Waals surface area contributed by atoms with Gasteiger partial charge in [0.1, 0.15) is 0 Å². The lowest BCUT2D eigenvalue weighted by molar-refractivity contribution is -0.152. The Bertz CT molecular complexity index is 1180. The molecule has 0 aliphatic rings. The molecule has 0 saturated heterocycles. The fraction of sp³-hybridized carbons (Fsp3) is 0.217. The first-order chi connectivity index (χ1) is 15.6. The summed E-state index contributed by atoms with van der Waals surface area (Å²) in [4.78, 5) is 28.4. The topological polar surface area (TPSA) is 99.1 Å². The molecule has 0 atom stereocenters. The van der Waals surface area contributed by atoms with E-state index >= 15 is 0 Å². The van der Waals surface area contributed by atoms with Gasteiger partial charge in [0.2, 0.25) is 5.25 Å². The highest BCUT2D eigenvalue weighted by molar-refractivity contribution is 8.01. The van der Waals surface area contributed by atoms with Crippen LogP contribution < -0.4 is 0 Å². The first kappa shape index (κ1) is 21.6. The summed E-state index contributed by atoms with van der Waals surface area (Å²) >= 11 is 0.955. The number of thioether (sulfide) groups is 1. The molecule has 164 valence electrons. The molecule has 0 fully saturated rings. The molecule has 0 aliphatic carbocycles. The molecule has 0 bridgehead atoms. The van der Waals surface area contributed by atoms with Crippen molar-refractivity contribution in [2.24, 2.45) is 0 Å². The molecular weight excluding hydrogens is 428 g/mol. The molecule has 2 aromatic heterocycles. The third-order valence-corrected chi connectivity index (χ3v) is 5.74. The smallest absolute Gasteiger partial charge is 0.331 e. The number of benzene rings is 2. The largest absolute Gasteiger partial charge is 0.465 e. The van der Waals surface area contributed by atoms with Gasteiger partial charge in [-0.2, -0.15) is 0 Å². The fourth-order valence-electron chi connectivity index (χ4n) is 3.26. The number of nitrogens with one attached hydrogen (secondary N) is 1. The molecule has 0 aliphatic heterocycles. The van der Waals surface area contributed by atoms with Gasteiger partial charge in [0, 0.05) is 16.6 Å². The number of hydrogen-bond acceptors (Lipinski definition) is 7. The molecule has 0 unspecified atom stereocenters. The normalized spacial score (nSPS) is 11.1. The Hall–Kier alpha value is -3.59. The SMILES string of the molecule is CCOC(=O)C(Sc1nnc(-c2cc3ccccc3[nH]2)n1-c1ccccc1)C(=O)OCC. The molecule has 0 amide bonds. The zero-order valence-electron chi connectivity index (χ0n) is 17.6. The minimum atomic E-state index is -1.21. The highest BCUT2D eigenvalue weighted by Crippen LogP contribution is 2.32. The maximum atomic E-state index is 12.5. The lowest BCUT2D eigenvalue weighted by Crippen LogP contribution is -2.31. The molecule has 32 heavy (non-hydrogen) atoms. The summed E-state index contributed by atoms with van der Waals surface area (Å²) in [6.07, 6.45) is 0. The second-order valence-corrected chi connectivity index (χ2v) is 7.82. The quantitative estimate of drug-likeness (QED) is 0.246. The van der Waals surface area contributed by atoms with Crippen LogP contribution in [0.15, 0.2) is 65.8 Å². The molecule has 1 N–H and O–H groups in total. The number of carbonyl (C=O) groups is 2. The fourth-order valence-corrected chi connectivity index (χ4v) is 4.18. The van der Waals surface area contributed by atoms with E-state index in [1.165, 1.54) is 0 Å². The van der Waals surface area contributed by atoms with Crippen molar-refractivity contribution >= 4 is 34.6 Å². The van der Waals surface area contributed by atoms with Crippen molar-refractivity contribution in [1.29, 1.82) is 0 Å². The number of carbonyl (C=O) groups excluding carboxylic acids is 2.